The summed E-state index contributed by atoms with van der Waals surface area (Å²) in [6.45, 7) is 3.63. The average Bonchev–Trinajstić information content (AvgIpc) is 2.19. The molecule has 0 spiro atoms. The van der Waals surface area contributed by atoms with E-state index in [0.717, 1.165) is 18.8 Å². The lowest BCUT2D eigenvalue weighted by molar-refractivity contribution is 0.301. The maximum Gasteiger partial charge on any atom is 0.151 e. The molecule has 0 unspecified atom stereocenters. The molecule has 0 amide bonds. The summed E-state index contributed by atoms with van der Waals surface area (Å²) < 4.78 is 0. The number of aromatic nitrogens is 2. The van der Waals surface area contributed by atoms with E-state index in [0.29, 0.717) is 12.4 Å². The van der Waals surface area contributed by atoms with Crippen LogP contribution >= 0.6 is 0 Å². The first-order valence-electron chi connectivity index (χ1n) is 4.73. The van der Waals surface area contributed by atoms with E-state index in [1.165, 1.54) is 0 Å². The van der Waals surface area contributed by atoms with Gasteiger partial charge in [-0.2, -0.15) is 0 Å². The van der Waals surface area contributed by atoms with Gasteiger partial charge in [-0.15, -0.1) is 10.2 Å². The fraction of sp³-hybridized carbons (Fsp3) is 0.556. The molecule has 0 aliphatic carbocycles. The van der Waals surface area contributed by atoms with Crippen LogP contribution in [0.1, 0.15) is 13.3 Å². The van der Waals surface area contributed by atoms with Crippen molar-refractivity contribution in [3.8, 4) is 0 Å². The summed E-state index contributed by atoms with van der Waals surface area (Å²) in [4.78, 5) is 1.98. The second-order valence-electron chi connectivity index (χ2n) is 3.03. The third-order valence-corrected chi connectivity index (χ3v) is 1.86. The van der Waals surface area contributed by atoms with Crippen molar-refractivity contribution in [2.24, 2.45) is 0 Å². The Morgan fingerprint density at radius 1 is 1.36 bits per heavy atom. The second-order valence-corrected chi connectivity index (χ2v) is 3.03. The molecule has 0 aliphatic heterocycles. The zero-order valence-corrected chi connectivity index (χ0v) is 8.35. The molecule has 1 rings (SSSR count). The van der Waals surface area contributed by atoms with E-state index in [1.54, 1.807) is 6.07 Å². The summed E-state index contributed by atoms with van der Waals surface area (Å²) in [6, 6.07) is 3.52. The molecular weight excluding hydrogens is 180 g/mol. The van der Waals surface area contributed by atoms with Gasteiger partial charge in [0, 0.05) is 13.1 Å². The third-order valence-electron chi connectivity index (χ3n) is 1.86. The van der Waals surface area contributed by atoms with Gasteiger partial charge in [-0.05, 0) is 18.6 Å². The molecule has 0 radical (unpaired) electrons. The highest BCUT2D eigenvalue weighted by molar-refractivity contribution is 5.41. The Balaban J connectivity index is 2.71. The van der Waals surface area contributed by atoms with Crippen LogP contribution in [0, 0.1) is 0 Å². The SMILES string of the molecule is CCCN(CCO)c1ccc(N)nn1. The fourth-order valence-electron chi connectivity index (χ4n) is 1.24. The van der Waals surface area contributed by atoms with Crippen molar-refractivity contribution >= 4 is 11.6 Å². The van der Waals surface area contributed by atoms with Crippen LogP contribution in [-0.2, 0) is 0 Å². The van der Waals surface area contributed by atoms with Crippen LogP contribution in [0.5, 0.6) is 0 Å². The Hall–Kier alpha value is -1.36. The van der Waals surface area contributed by atoms with Gasteiger partial charge in [0.2, 0.25) is 0 Å². The zero-order chi connectivity index (χ0) is 10.4. The number of anilines is 2. The van der Waals surface area contributed by atoms with E-state index in [1.807, 2.05) is 11.0 Å². The summed E-state index contributed by atoms with van der Waals surface area (Å²) in [5.41, 5.74) is 5.43. The number of hydrogen-bond acceptors (Lipinski definition) is 5. The molecule has 1 aromatic rings. The van der Waals surface area contributed by atoms with Crippen LogP contribution in [0.25, 0.3) is 0 Å². The van der Waals surface area contributed by atoms with Crippen molar-refractivity contribution in [3.63, 3.8) is 0 Å². The molecule has 0 fully saturated rings. The summed E-state index contributed by atoms with van der Waals surface area (Å²) in [6.07, 6.45) is 1.01. The Labute approximate surface area is 83.6 Å². The Kier molecular flexibility index (Phi) is 4.12. The second kappa shape index (κ2) is 5.39. The first-order valence-corrected chi connectivity index (χ1v) is 4.73. The molecule has 14 heavy (non-hydrogen) atoms. The minimum atomic E-state index is 0.117. The Morgan fingerprint density at radius 3 is 2.64 bits per heavy atom. The Bertz CT molecular complexity index is 256. The number of nitrogens with two attached hydrogens (primary N) is 1. The smallest absolute Gasteiger partial charge is 0.151 e. The van der Waals surface area contributed by atoms with E-state index in [4.69, 9.17) is 10.8 Å². The van der Waals surface area contributed by atoms with Gasteiger partial charge in [0.05, 0.1) is 6.61 Å². The van der Waals surface area contributed by atoms with E-state index in [-0.39, 0.29) is 6.61 Å². The summed E-state index contributed by atoms with van der Waals surface area (Å²) in [7, 11) is 0. The molecule has 0 saturated heterocycles. The molecule has 0 aliphatic rings. The van der Waals surface area contributed by atoms with Crippen molar-refractivity contribution in [2.75, 3.05) is 30.3 Å². The Morgan fingerprint density at radius 2 is 2.14 bits per heavy atom. The minimum absolute atomic E-state index is 0.117. The van der Waals surface area contributed by atoms with Crippen LogP contribution in [0.4, 0.5) is 11.6 Å². The molecule has 3 N–H and O–H groups in total. The van der Waals surface area contributed by atoms with Crippen molar-refractivity contribution in [1.82, 2.24) is 10.2 Å². The van der Waals surface area contributed by atoms with Crippen LogP contribution in [0.2, 0.25) is 0 Å². The quantitative estimate of drug-likeness (QED) is 0.707. The van der Waals surface area contributed by atoms with Gasteiger partial charge in [0.15, 0.2) is 5.82 Å². The van der Waals surface area contributed by atoms with Crippen LogP contribution < -0.4 is 10.6 Å². The molecular formula is C9H16N4O. The number of nitrogen functional groups attached to an aromatic ring is 1. The molecule has 5 nitrogen and oxygen atoms in total. The largest absolute Gasteiger partial charge is 0.395 e. The fourth-order valence-corrected chi connectivity index (χ4v) is 1.24. The van der Waals surface area contributed by atoms with Crippen molar-refractivity contribution in [1.29, 1.82) is 0 Å². The zero-order valence-electron chi connectivity index (χ0n) is 8.35. The summed E-state index contributed by atoms with van der Waals surface area (Å²) in [5.74, 6) is 1.17. The molecule has 0 bridgehead atoms. The predicted molar refractivity (Wildman–Crippen MR) is 56.0 cm³/mol. The lowest BCUT2D eigenvalue weighted by atomic mass is 10.4. The molecule has 1 aromatic heterocycles. The number of aliphatic hydroxyl groups excluding tert-OH is 1. The van der Waals surface area contributed by atoms with Crippen molar-refractivity contribution in [2.45, 2.75) is 13.3 Å². The van der Waals surface area contributed by atoms with Gasteiger partial charge in [0.25, 0.3) is 0 Å². The molecule has 0 aromatic carbocycles. The van der Waals surface area contributed by atoms with E-state index in [2.05, 4.69) is 17.1 Å². The van der Waals surface area contributed by atoms with Gasteiger partial charge in [0.1, 0.15) is 5.82 Å². The minimum Gasteiger partial charge on any atom is -0.395 e. The standard InChI is InChI=1S/C9H16N4O/c1-2-5-13(6-7-14)9-4-3-8(10)11-12-9/h3-4,14H,2,5-7H2,1H3,(H2,10,11). The number of hydrogen-bond donors (Lipinski definition) is 2. The first-order chi connectivity index (χ1) is 6.77. The van der Waals surface area contributed by atoms with Gasteiger partial charge < -0.3 is 15.7 Å². The predicted octanol–water partition coefficient (Wildman–Crippen LogP) is 0.268. The molecule has 1 heterocycles. The topological polar surface area (TPSA) is 75.3 Å². The van der Waals surface area contributed by atoms with Crippen molar-refractivity contribution < 1.29 is 5.11 Å². The number of rotatable bonds is 5. The lowest BCUT2D eigenvalue weighted by Crippen LogP contribution is -2.28. The maximum absolute atomic E-state index is 8.86. The molecule has 5 heteroatoms. The lowest BCUT2D eigenvalue weighted by Gasteiger charge is -2.21. The highest BCUT2D eigenvalue weighted by Gasteiger charge is 2.05. The van der Waals surface area contributed by atoms with E-state index >= 15 is 0 Å². The van der Waals surface area contributed by atoms with Gasteiger partial charge >= 0.3 is 0 Å². The van der Waals surface area contributed by atoms with Crippen LogP contribution in [0.15, 0.2) is 12.1 Å². The van der Waals surface area contributed by atoms with Crippen LogP contribution in [0.3, 0.4) is 0 Å². The summed E-state index contributed by atoms with van der Waals surface area (Å²) >= 11 is 0. The highest BCUT2D eigenvalue weighted by Crippen LogP contribution is 2.09. The third kappa shape index (κ3) is 2.85. The summed E-state index contributed by atoms with van der Waals surface area (Å²) in [5, 5.41) is 16.6. The van der Waals surface area contributed by atoms with Crippen molar-refractivity contribution in [3.05, 3.63) is 12.1 Å². The monoisotopic (exact) mass is 196 g/mol. The normalized spacial score (nSPS) is 10.1. The van der Waals surface area contributed by atoms with Gasteiger partial charge in [-0.25, -0.2) is 0 Å². The number of aliphatic hydroxyl groups is 1. The average molecular weight is 196 g/mol. The van der Waals surface area contributed by atoms with Crippen LogP contribution in [-0.4, -0.2) is 35.0 Å². The van der Waals surface area contributed by atoms with E-state index < -0.39 is 0 Å². The maximum atomic E-state index is 8.86. The highest BCUT2D eigenvalue weighted by atomic mass is 16.3. The first kappa shape index (κ1) is 10.7. The van der Waals surface area contributed by atoms with Gasteiger partial charge in [-0.3, -0.25) is 0 Å². The molecule has 0 atom stereocenters. The van der Waals surface area contributed by atoms with Gasteiger partial charge in [-0.1, -0.05) is 6.92 Å². The molecule has 0 saturated carbocycles. The molecule has 78 valence electrons. The van der Waals surface area contributed by atoms with E-state index in [9.17, 15) is 0 Å². The number of nitrogens with zero attached hydrogens (tertiary/aromatic N) is 3.